The quantitative estimate of drug-likeness (QED) is 0.770. The van der Waals surface area contributed by atoms with Gasteiger partial charge in [0.15, 0.2) is 0 Å². The number of rotatable bonds is 5. The van der Waals surface area contributed by atoms with Gasteiger partial charge in [-0.2, -0.15) is 5.26 Å². The van der Waals surface area contributed by atoms with Crippen molar-refractivity contribution in [2.45, 2.75) is 45.6 Å². The van der Waals surface area contributed by atoms with Crippen LogP contribution in [0.5, 0.6) is 5.75 Å². The Morgan fingerprint density at radius 1 is 1.25 bits per heavy atom. The predicted molar refractivity (Wildman–Crippen MR) is 80.9 cm³/mol. The molecule has 0 aromatic heterocycles. The molecule has 1 aliphatic rings. The molecular weight excluding hydrogens is 248 g/mol. The molecule has 0 radical (unpaired) electrons. The lowest BCUT2D eigenvalue weighted by Crippen LogP contribution is -2.38. The largest absolute Gasteiger partial charge is 0.490 e. The number of nitriles is 1. The highest BCUT2D eigenvalue weighted by molar-refractivity contribution is 5.33. The highest BCUT2D eigenvalue weighted by Gasteiger charge is 2.20. The Morgan fingerprint density at radius 2 is 2.00 bits per heavy atom. The van der Waals surface area contributed by atoms with Gasteiger partial charge in [-0.05, 0) is 62.9 Å². The molecule has 3 heteroatoms. The average molecular weight is 272 g/mol. The second kappa shape index (κ2) is 7.31. The molecule has 1 aromatic rings. The molecule has 0 bridgehead atoms. The van der Waals surface area contributed by atoms with Crippen molar-refractivity contribution in [3.05, 3.63) is 29.3 Å². The summed E-state index contributed by atoms with van der Waals surface area (Å²) in [7, 11) is 0. The summed E-state index contributed by atoms with van der Waals surface area (Å²) in [5.74, 6) is 0.996. The minimum atomic E-state index is 0.337. The maximum absolute atomic E-state index is 8.56. The van der Waals surface area contributed by atoms with Crippen LogP contribution < -0.4 is 4.74 Å². The predicted octanol–water partition coefficient (Wildman–Crippen LogP) is 3.45. The molecule has 0 N–H and O–H groups in total. The summed E-state index contributed by atoms with van der Waals surface area (Å²) in [5, 5.41) is 8.56. The van der Waals surface area contributed by atoms with Crippen molar-refractivity contribution in [1.29, 1.82) is 5.26 Å². The first-order chi connectivity index (χ1) is 9.69. The Labute approximate surface area is 122 Å². The topological polar surface area (TPSA) is 36.3 Å². The molecule has 1 saturated heterocycles. The van der Waals surface area contributed by atoms with Gasteiger partial charge in [-0.1, -0.05) is 6.07 Å². The van der Waals surface area contributed by atoms with Crippen LogP contribution in [0, 0.1) is 25.2 Å². The van der Waals surface area contributed by atoms with Gasteiger partial charge in [-0.25, -0.2) is 0 Å². The number of piperidine rings is 1. The second-order valence-corrected chi connectivity index (χ2v) is 5.67. The molecule has 1 aromatic carbocycles. The molecule has 108 valence electrons. The second-order valence-electron chi connectivity index (χ2n) is 5.67. The van der Waals surface area contributed by atoms with E-state index < -0.39 is 0 Å². The molecule has 0 amide bonds. The number of likely N-dealkylation sites (tertiary alicyclic amines) is 1. The Kier molecular flexibility index (Phi) is 5.43. The summed E-state index contributed by atoms with van der Waals surface area (Å²) >= 11 is 0. The summed E-state index contributed by atoms with van der Waals surface area (Å²) in [6.07, 6.45) is 4.15. The van der Waals surface area contributed by atoms with Gasteiger partial charge < -0.3 is 9.64 Å². The number of nitrogens with zero attached hydrogens (tertiary/aromatic N) is 2. The van der Waals surface area contributed by atoms with Crippen molar-refractivity contribution in [2.75, 3.05) is 19.6 Å². The van der Waals surface area contributed by atoms with Crippen molar-refractivity contribution in [3.8, 4) is 11.8 Å². The number of hydrogen-bond donors (Lipinski definition) is 0. The van der Waals surface area contributed by atoms with E-state index in [1.807, 2.05) is 0 Å². The van der Waals surface area contributed by atoms with Gasteiger partial charge in [0.25, 0.3) is 0 Å². The summed E-state index contributed by atoms with van der Waals surface area (Å²) in [6.45, 7) is 7.46. The van der Waals surface area contributed by atoms with Gasteiger partial charge in [0, 0.05) is 19.5 Å². The van der Waals surface area contributed by atoms with Crippen molar-refractivity contribution in [3.63, 3.8) is 0 Å². The number of aryl methyl sites for hydroxylation is 2. The Morgan fingerprint density at radius 3 is 2.65 bits per heavy atom. The van der Waals surface area contributed by atoms with E-state index in [2.05, 4.69) is 43.0 Å². The minimum absolute atomic E-state index is 0.337. The third-order valence-corrected chi connectivity index (χ3v) is 4.08. The molecule has 0 atom stereocenters. The SMILES string of the molecule is Cc1ccc(OC2CCN(CCCC#N)CC2)cc1C. The van der Waals surface area contributed by atoms with E-state index in [1.165, 1.54) is 11.1 Å². The molecule has 1 fully saturated rings. The van der Waals surface area contributed by atoms with Gasteiger partial charge in [0.05, 0.1) is 6.07 Å². The van der Waals surface area contributed by atoms with E-state index in [4.69, 9.17) is 10.00 Å². The van der Waals surface area contributed by atoms with Crippen LogP contribution in [-0.2, 0) is 0 Å². The number of benzene rings is 1. The lowest BCUT2D eigenvalue weighted by Gasteiger charge is -2.32. The molecular formula is C17H24N2O. The normalized spacial score (nSPS) is 16.9. The molecule has 3 nitrogen and oxygen atoms in total. The van der Waals surface area contributed by atoms with E-state index in [1.54, 1.807) is 0 Å². The summed E-state index contributed by atoms with van der Waals surface area (Å²) < 4.78 is 6.09. The van der Waals surface area contributed by atoms with E-state index in [0.717, 1.165) is 44.6 Å². The van der Waals surface area contributed by atoms with Crippen LogP contribution in [0.4, 0.5) is 0 Å². The molecule has 1 heterocycles. The van der Waals surface area contributed by atoms with Gasteiger partial charge in [0.1, 0.15) is 11.9 Å². The Balaban J connectivity index is 1.76. The maximum Gasteiger partial charge on any atom is 0.120 e. The monoisotopic (exact) mass is 272 g/mol. The van der Waals surface area contributed by atoms with Gasteiger partial charge in [-0.15, -0.1) is 0 Å². The first kappa shape index (κ1) is 14.9. The maximum atomic E-state index is 8.56. The van der Waals surface area contributed by atoms with Gasteiger partial charge in [-0.3, -0.25) is 0 Å². The van der Waals surface area contributed by atoms with E-state index >= 15 is 0 Å². The Bertz CT molecular complexity index is 470. The third kappa shape index (κ3) is 4.25. The molecule has 0 aliphatic carbocycles. The van der Waals surface area contributed by atoms with Crippen molar-refractivity contribution in [1.82, 2.24) is 4.90 Å². The van der Waals surface area contributed by atoms with Crippen molar-refractivity contribution >= 4 is 0 Å². The first-order valence-corrected chi connectivity index (χ1v) is 7.52. The van der Waals surface area contributed by atoms with E-state index in [-0.39, 0.29) is 0 Å². The van der Waals surface area contributed by atoms with Crippen LogP contribution in [0.15, 0.2) is 18.2 Å². The molecule has 0 unspecified atom stereocenters. The lowest BCUT2D eigenvalue weighted by atomic mass is 10.1. The smallest absolute Gasteiger partial charge is 0.120 e. The zero-order valence-electron chi connectivity index (χ0n) is 12.6. The summed E-state index contributed by atoms with van der Waals surface area (Å²) in [4.78, 5) is 2.44. The van der Waals surface area contributed by atoms with Crippen LogP contribution in [0.3, 0.4) is 0 Å². The lowest BCUT2D eigenvalue weighted by molar-refractivity contribution is 0.100. The summed E-state index contributed by atoms with van der Waals surface area (Å²) in [6, 6.07) is 8.54. The van der Waals surface area contributed by atoms with Gasteiger partial charge >= 0.3 is 0 Å². The zero-order chi connectivity index (χ0) is 14.4. The Hall–Kier alpha value is -1.53. The van der Waals surface area contributed by atoms with E-state index in [0.29, 0.717) is 12.5 Å². The van der Waals surface area contributed by atoms with Crippen LogP contribution >= 0.6 is 0 Å². The molecule has 20 heavy (non-hydrogen) atoms. The van der Waals surface area contributed by atoms with Crippen molar-refractivity contribution in [2.24, 2.45) is 0 Å². The van der Waals surface area contributed by atoms with Crippen LogP contribution in [0.2, 0.25) is 0 Å². The first-order valence-electron chi connectivity index (χ1n) is 7.52. The standard InChI is InChI=1S/C17H24N2O/c1-14-5-6-17(13-15(14)2)20-16-7-11-19(12-8-16)10-4-3-9-18/h5-6,13,16H,3-4,7-8,10-12H2,1-2H3. The molecule has 1 aliphatic heterocycles. The van der Waals surface area contributed by atoms with Gasteiger partial charge in [0.2, 0.25) is 0 Å². The minimum Gasteiger partial charge on any atom is -0.490 e. The summed E-state index contributed by atoms with van der Waals surface area (Å²) in [5.41, 5.74) is 2.60. The molecule has 0 spiro atoms. The molecule has 0 saturated carbocycles. The number of ether oxygens (including phenoxy) is 1. The van der Waals surface area contributed by atoms with Crippen molar-refractivity contribution < 1.29 is 4.74 Å². The number of hydrogen-bond acceptors (Lipinski definition) is 3. The van der Waals surface area contributed by atoms with Crippen LogP contribution in [0.25, 0.3) is 0 Å². The van der Waals surface area contributed by atoms with E-state index in [9.17, 15) is 0 Å². The van der Waals surface area contributed by atoms with Crippen LogP contribution in [-0.4, -0.2) is 30.6 Å². The fourth-order valence-electron chi connectivity index (χ4n) is 2.61. The fourth-order valence-corrected chi connectivity index (χ4v) is 2.61. The third-order valence-electron chi connectivity index (χ3n) is 4.08. The fraction of sp³-hybridized carbons (Fsp3) is 0.588. The molecule has 2 rings (SSSR count). The average Bonchev–Trinajstić information content (AvgIpc) is 2.45. The highest BCUT2D eigenvalue weighted by atomic mass is 16.5. The highest BCUT2D eigenvalue weighted by Crippen LogP contribution is 2.21. The zero-order valence-corrected chi connectivity index (χ0v) is 12.6. The van der Waals surface area contributed by atoms with Crippen LogP contribution in [0.1, 0.15) is 36.8 Å². The number of unbranched alkanes of at least 4 members (excludes halogenated alkanes) is 1.